The standard InChI is InChI=1S/C13H17BrFN/c1-3-5-13(16-8-4-2)10-6-7-11(14)12(15)9-10/h3,6-7,9,13,16H,1,4-5,8H2,2H3. The third-order valence-electron chi connectivity index (χ3n) is 2.39. The monoisotopic (exact) mass is 285 g/mol. The van der Waals surface area contributed by atoms with Gasteiger partial charge in [-0.15, -0.1) is 6.58 Å². The van der Waals surface area contributed by atoms with E-state index in [1.54, 1.807) is 12.1 Å². The van der Waals surface area contributed by atoms with Crippen LogP contribution in [0.2, 0.25) is 0 Å². The molecule has 1 aromatic rings. The summed E-state index contributed by atoms with van der Waals surface area (Å²) < 4.78 is 13.9. The van der Waals surface area contributed by atoms with Gasteiger partial charge in [-0.2, -0.15) is 0 Å². The molecule has 1 atom stereocenters. The van der Waals surface area contributed by atoms with Crippen molar-refractivity contribution in [1.82, 2.24) is 5.32 Å². The van der Waals surface area contributed by atoms with E-state index >= 15 is 0 Å². The van der Waals surface area contributed by atoms with Crippen molar-refractivity contribution < 1.29 is 4.39 Å². The van der Waals surface area contributed by atoms with Crippen molar-refractivity contribution in [3.63, 3.8) is 0 Å². The minimum atomic E-state index is -0.218. The topological polar surface area (TPSA) is 12.0 Å². The minimum Gasteiger partial charge on any atom is -0.310 e. The summed E-state index contributed by atoms with van der Waals surface area (Å²) in [5, 5.41) is 3.38. The Morgan fingerprint density at radius 1 is 1.56 bits per heavy atom. The zero-order valence-electron chi connectivity index (χ0n) is 9.47. The van der Waals surface area contributed by atoms with Gasteiger partial charge in [0.2, 0.25) is 0 Å². The molecule has 16 heavy (non-hydrogen) atoms. The number of nitrogens with one attached hydrogen (secondary N) is 1. The Balaban J connectivity index is 2.82. The molecule has 3 heteroatoms. The summed E-state index contributed by atoms with van der Waals surface area (Å²) in [6.07, 6.45) is 3.72. The molecule has 1 N–H and O–H groups in total. The van der Waals surface area contributed by atoms with Crippen LogP contribution in [0.4, 0.5) is 4.39 Å². The summed E-state index contributed by atoms with van der Waals surface area (Å²) in [5.74, 6) is -0.218. The number of hydrogen-bond acceptors (Lipinski definition) is 1. The van der Waals surface area contributed by atoms with Crippen LogP contribution < -0.4 is 5.32 Å². The summed E-state index contributed by atoms with van der Waals surface area (Å²) in [6, 6.07) is 5.40. The Hall–Kier alpha value is -0.670. The highest BCUT2D eigenvalue weighted by Crippen LogP contribution is 2.22. The zero-order chi connectivity index (χ0) is 12.0. The lowest BCUT2D eigenvalue weighted by Gasteiger charge is -2.17. The van der Waals surface area contributed by atoms with Gasteiger partial charge in [0.05, 0.1) is 4.47 Å². The fourth-order valence-electron chi connectivity index (χ4n) is 1.55. The first-order valence-corrected chi connectivity index (χ1v) is 6.27. The molecule has 0 aromatic heterocycles. The summed E-state index contributed by atoms with van der Waals surface area (Å²) in [4.78, 5) is 0. The smallest absolute Gasteiger partial charge is 0.137 e. The molecule has 0 aliphatic rings. The second-order valence-corrected chi connectivity index (χ2v) is 4.56. The van der Waals surface area contributed by atoms with Gasteiger partial charge in [0, 0.05) is 6.04 Å². The summed E-state index contributed by atoms with van der Waals surface area (Å²) in [6.45, 7) is 6.77. The van der Waals surface area contributed by atoms with Crippen molar-refractivity contribution >= 4 is 15.9 Å². The molecule has 1 nitrogen and oxygen atoms in total. The lowest BCUT2D eigenvalue weighted by atomic mass is 10.0. The fraction of sp³-hybridized carbons (Fsp3) is 0.385. The summed E-state index contributed by atoms with van der Waals surface area (Å²) in [5.41, 5.74) is 0.967. The van der Waals surface area contributed by atoms with Gasteiger partial charge in [-0.05, 0) is 53.0 Å². The van der Waals surface area contributed by atoms with Gasteiger partial charge < -0.3 is 5.32 Å². The van der Waals surface area contributed by atoms with Crippen LogP contribution in [0.25, 0.3) is 0 Å². The minimum absolute atomic E-state index is 0.153. The van der Waals surface area contributed by atoms with E-state index in [1.165, 1.54) is 0 Å². The maximum atomic E-state index is 13.4. The first-order valence-electron chi connectivity index (χ1n) is 5.48. The second kappa shape index (κ2) is 6.81. The van der Waals surface area contributed by atoms with Crippen LogP contribution in [-0.4, -0.2) is 6.54 Å². The lowest BCUT2D eigenvalue weighted by molar-refractivity contribution is 0.531. The molecular formula is C13H17BrFN. The molecular weight excluding hydrogens is 269 g/mol. The molecule has 0 fully saturated rings. The molecule has 88 valence electrons. The third-order valence-corrected chi connectivity index (χ3v) is 3.03. The summed E-state index contributed by atoms with van der Waals surface area (Å²) >= 11 is 3.15. The van der Waals surface area contributed by atoms with E-state index in [-0.39, 0.29) is 11.9 Å². The normalized spacial score (nSPS) is 12.4. The largest absolute Gasteiger partial charge is 0.310 e. The van der Waals surface area contributed by atoms with Crippen LogP contribution in [-0.2, 0) is 0 Å². The summed E-state index contributed by atoms with van der Waals surface area (Å²) in [7, 11) is 0. The average Bonchev–Trinajstić information content (AvgIpc) is 2.28. The first-order chi connectivity index (χ1) is 7.69. The molecule has 1 unspecified atom stereocenters. The van der Waals surface area contributed by atoms with E-state index in [2.05, 4.69) is 34.7 Å². The molecule has 0 radical (unpaired) electrons. The van der Waals surface area contributed by atoms with Crippen LogP contribution in [0.3, 0.4) is 0 Å². The second-order valence-electron chi connectivity index (χ2n) is 3.70. The van der Waals surface area contributed by atoms with Gasteiger partial charge in [-0.1, -0.05) is 19.1 Å². The van der Waals surface area contributed by atoms with Gasteiger partial charge in [0.1, 0.15) is 5.82 Å². The first kappa shape index (κ1) is 13.4. The van der Waals surface area contributed by atoms with Crippen LogP contribution >= 0.6 is 15.9 Å². The maximum Gasteiger partial charge on any atom is 0.137 e. The molecule has 1 aromatic carbocycles. The van der Waals surface area contributed by atoms with Gasteiger partial charge >= 0.3 is 0 Å². The number of hydrogen-bond donors (Lipinski definition) is 1. The lowest BCUT2D eigenvalue weighted by Crippen LogP contribution is -2.21. The van der Waals surface area contributed by atoms with Crippen molar-refractivity contribution in [2.45, 2.75) is 25.8 Å². The SMILES string of the molecule is C=CCC(NCCC)c1ccc(Br)c(F)c1. The number of benzene rings is 1. The van der Waals surface area contributed by atoms with Gasteiger partial charge in [-0.25, -0.2) is 4.39 Å². The van der Waals surface area contributed by atoms with E-state index in [0.29, 0.717) is 4.47 Å². The van der Waals surface area contributed by atoms with Crippen molar-refractivity contribution in [2.24, 2.45) is 0 Å². The van der Waals surface area contributed by atoms with Gasteiger partial charge in [0.25, 0.3) is 0 Å². The zero-order valence-corrected chi connectivity index (χ0v) is 11.1. The predicted octanol–water partition coefficient (Wildman–Crippen LogP) is 4.21. The van der Waals surface area contributed by atoms with E-state index in [9.17, 15) is 4.39 Å². The van der Waals surface area contributed by atoms with Crippen molar-refractivity contribution in [2.75, 3.05) is 6.54 Å². The Morgan fingerprint density at radius 3 is 2.88 bits per heavy atom. The fourth-order valence-corrected chi connectivity index (χ4v) is 1.80. The Labute approximate surface area is 105 Å². The van der Waals surface area contributed by atoms with Crippen LogP contribution in [0.5, 0.6) is 0 Å². The van der Waals surface area contributed by atoms with Gasteiger partial charge in [0.15, 0.2) is 0 Å². The average molecular weight is 286 g/mol. The van der Waals surface area contributed by atoms with E-state index in [4.69, 9.17) is 0 Å². The molecule has 0 aliphatic heterocycles. The van der Waals surface area contributed by atoms with Crippen molar-refractivity contribution in [1.29, 1.82) is 0 Å². The highest BCUT2D eigenvalue weighted by molar-refractivity contribution is 9.10. The number of rotatable bonds is 6. The van der Waals surface area contributed by atoms with Gasteiger partial charge in [-0.3, -0.25) is 0 Å². The molecule has 0 bridgehead atoms. The number of halogens is 2. The van der Waals surface area contributed by atoms with Crippen LogP contribution in [0, 0.1) is 5.82 Å². The highest BCUT2D eigenvalue weighted by Gasteiger charge is 2.10. The van der Waals surface area contributed by atoms with E-state index in [0.717, 1.165) is 24.9 Å². The quantitative estimate of drug-likeness (QED) is 0.773. The Bertz CT molecular complexity index is 352. The third kappa shape index (κ3) is 3.72. The predicted molar refractivity (Wildman–Crippen MR) is 69.9 cm³/mol. The molecule has 0 spiro atoms. The Kier molecular flexibility index (Phi) is 5.71. The van der Waals surface area contributed by atoms with Crippen LogP contribution in [0.15, 0.2) is 35.3 Å². The molecule has 0 saturated heterocycles. The molecule has 0 heterocycles. The van der Waals surface area contributed by atoms with E-state index < -0.39 is 0 Å². The molecule has 0 saturated carbocycles. The van der Waals surface area contributed by atoms with Crippen molar-refractivity contribution in [3.8, 4) is 0 Å². The molecule has 1 rings (SSSR count). The Morgan fingerprint density at radius 2 is 2.31 bits per heavy atom. The van der Waals surface area contributed by atoms with Crippen LogP contribution in [0.1, 0.15) is 31.4 Å². The molecule has 0 amide bonds. The van der Waals surface area contributed by atoms with Crippen molar-refractivity contribution in [3.05, 3.63) is 46.7 Å². The highest BCUT2D eigenvalue weighted by atomic mass is 79.9. The van der Waals surface area contributed by atoms with E-state index in [1.807, 2.05) is 12.1 Å². The maximum absolute atomic E-state index is 13.4. The molecule has 0 aliphatic carbocycles.